The Bertz CT molecular complexity index is 500. The fraction of sp³-hybridized carbons (Fsp3) is 0.600. The van der Waals surface area contributed by atoms with Gasteiger partial charge >= 0.3 is 6.03 Å². The third kappa shape index (κ3) is 4.30. The van der Waals surface area contributed by atoms with E-state index in [1.807, 2.05) is 11.8 Å². The Labute approximate surface area is 129 Å². The Kier molecular flexibility index (Phi) is 5.94. The molecule has 7 heteroatoms. The number of hydrogen-bond donors (Lipinski definition) is 3. The molecular formula is C15H23FN4O2. The van der Waals surface area contributed by atoms with Crippen LogP contribution in [-0.4, -0.2) is 47.9 Å². The summed E-state index contributed by atoms with van der Waals surface area (Å²) in [6, 6.07) is 2.64. The first kappa shape index (κ1) is 16.5. The van der Waals surface area contributed by atoms with Crippen molar-refractivity contribution in [3.63, 3.8) is 0 Å². The lowest BCUT2D eigenvalue weighted by molar-refractivity contribution is 0.225. The number of aromatic nitrogens is 1. The third-order valence-corrected chi connectivity index (χ3v) is 3.87. The quantitative estimate of drug-likeness (QED) is 0.739. The molecule has 6 nitrogen and oxygen atoms in total. The summed E-state index contributed by atoms with van der Waals surface area (Å²) >= 11 is 0. The van der Waals surface area contributed by atoms with E-state index >= 15 is 0 Å². The predicted octanol–water partition coefficient (Wildman–Crippen LogP) is 1.26. The van der Waals surface area contributed by atoms with Crippen LogP contribution in [0.5, 0.6) is 0 Å². The number of carbonyl (C=O) groups is 1. The summed E-state index contributed by atoms with van der Waals surface area (Å²) in [5.74, 6) is -0.0134. The molecule has 122 valence electrons. The molecule has 1 aromatic rings. The van der Waals surface area contributed by atoms with Crippen molar-refractivity contribution in [3.05, 3.63) is 24.1 Å². The lowest BCUT2D eigenvalue weighted by atomic mass is 10.1. The lowest BCUT2D eigenvalue weighted by Crippen LogP contribution is -2.47. The molecule has 2 rings (SSSR count). The van der Waals surface area contributed by atoms with E-state index in [2.05, 4.69) is 15.6 Å². The van der Waals surface area contributed by atoms with E-state index in [1.165, 1.54) is 6.07 Å². The van der Waals surface area contributed by atoms with Gasteiger partial charge in [-0.3, -0.25) is 0 Å². The van der Waals surface area contributed by atoms with Gasteiger partial charge in [0.05, 0.1) is 0 Å². The van der Waals surface area contributed by atoms with E-state index in [-0.39, 0.29) is 30.5 Å². The number of nitrogens with one attached hydrogen (secondary N) is 2. The van der Waals surface area contributed by atoms with Crippen molar-refractivity contribution in [1.82, 2.24) is 15.6 Å². The van der Waals surface area contributed by atoms with Crippen molar-refractivity contribution in [1.29, 1.82) is 0 Å². The fourth-order valence-corrected chi connectivity index (χ4v) is 2.63. The molecule has 2 unspecified atom stereocenters. The van der Waals surface area contributed by atoms with Crippen molar-refractivity contribution < 1.29 is 14.3 Å². The molecule has 2 atom stereocenters. The van der Waals surface area contributed by atoms with Crippen LogP contribution >= 0.6 is 0 Å². The topological polar surface area (TPSA) is 77.5 Å². The van der Waals surface area contributed by atoms with Gasteiger partial charge in [0.25, 0.3) is 0 Å². The number of hydrogen-bond acceptors (Lipinski definition) is 4. The molecule has 1 aliphatic heterocycles. The van der Waals surface area contributed by atoms with Crippen LogP contribution in [0, 0.1) is 5.82 Å². The molecule has 0 bridgehead atoms. The van der Waals surface area contributed by atoms with E-state index in [9.17, 15) is 9.18 Å². The monoisotopic (exact) mass is 310 g/mol. The first-order chi connectivity index (χ1) is 10.6. The molecule has 1 aliphatic rings. The van der Waals surface area contributed by atoms with Crippen LogP contribution in [-0.2, 0) is 0 Å². The average molecular weight is 310 g/mol. The molecule has 1 fully saturated rings. The molecule has 1 saturated heterocycles. The smallest absolute Gasteiger partial charge is 0.315 e. The number of carbonyl (C=O) groups excluding carboxylic acids is 1. The minimum Gasteiger partial charge on any atom is -0.396 e. The highest BCUT2D eigenvalue weighted by Crippen LogP contribution is 2.20. The zero-order valence-electron chi connectivity index (χ0n) is 12.8. The zero-order valence-corrected chi connectivity index (χ0v) is 12.8. The highest BCUT2D eigenvalue weighted by atomic mass is 19.1. The van der Waals surface area contributed by atoms with E-state index in [1.54, 1.807) is 12.3 Å². The second-order valence-corrected chi connectivity index (χ2v) is 5.48. The maximum absolute atomic E-state index is 13.7. The van der Waals surface area contributed by atoms with Crippen molar-refractivity contribution in [3.8, 4) is 0 Å². The van der Waals surface area contributed by atoms with Gasteiger partial charge in [0.1, 0.15) is 0 Å². The van der Waals surface area contributed by atoms with E-state index in [0.29, 0.717) is 25.3 Å². The standard InChI is InChI=1S/C15H23FN4O2/c1-2-11(6-9-21)18-15(22)19-12-5-8-20(10-12)14-13(16)4-3-7-17-14/h3-4,7,11-12,21H,2,5-6,8-10H2,1H3,(H2,18,19,22). The third-order valence-electron chi connectivity index (χ3n) is 3.87. The largest absolute Gasteiger partial charge is 0.396 e. The number of urea groups is 1. The summed E-state index contributed by atoms with van der Waals surface area (Å²) in [5.41, 5.74) is 0. The Balaban J connectivity index is 1.83. The van der Waals surface area contributed by atoms with Crippen molar-refractivity contribution in [2.45, 2.75) is 38.3 Å². The SMILES string of the molecule is CCC(CCO)NC(=O)NC1CCN(c2ncccc2F)C1. The minimum absolute atomic E-state index is 0.0317. The van der Waals surface area contributed by atoms with E-state index in [4.69, 9.17) is 5.11 Å². The molecule has 22 heavy (non-hydrogen) atoms. The van der Waals surface area contributed by atoms with Crippen molar-refractivity contribution >= 4 is 11.8 Å². The highest BCUT2D eigenvalue weighted by molar-refractivity contribution is 5.74. The Hall–Kier alpha value is -1.89. The van der Waals surface area contributed by atoms with Crippen LogP contribution in [0.4, 0.5) is 15.0 Å². The Morgan fingerprint density at radius 2 is 2.45 bits per heavy atom. The van der Waals surface area contributed by atoms with Gasteiger partial charge < -0.3 is 20.6 Å². The minimum atomic E-state index is -0.346. The van der Waals surface area contributed by atoms with Gasteiger partial charge in [-0.05, 0) is 31.4 Å². The molecule has 0 aliphatic carbocycles. The summed E-state index contributed by atoms with van der Waals surface area (Å²) in [6.07, 6.45) is 3.62. The molecular weight excluding hydrogens is 287 g/mol. The Morgan fingerprint density at radius 3 is 3.14 bits per heavy atom. The van der Waals surface area contributed by atoms with Crippen LogP contribution in [0.25, 0.3) is 0 Å². The molecule has 2 amide bonds. The van der Waals surface area contributed by atoms with Crippen LogP contribution in [0.2, 0.25) is 0 Å². The molecule has 0 spiro atoms. The number of pyridine rings is 1. The summed E-state index contributed by atoms with van der Waals surface area (Å²) in [5, 5.41) is 14.7. The summed E-state index contributed by atoms with van der Waals surface area (Å²) in [6.45, 7) is 3.21. The summed E-state index contributed by atoms with van der Waals surface area (Å²) in [4.78, 5) is 17.8. The number of nitrogens with zero attached hydrogens (tertiary/aromatic N) is 2. The van der Waals surface area contributed by atoms with Gasteiger partial charge in [-0.15, -0.1) is 0 Å². The number of halogens is 1. The molecule has 1 aromatic heterocycles. The number of amides is 2. The summed E-state index contributed by atoms with van der Waals surface area (Å²) < 4.78 is 13.7. The van der Waals surface area contributed by atoms with Gasteiger partial charge in [0, 0.05) is 38.0 Å². The maximum atomic E-state index is 13.7. The molecule has 0 aromatic carbocycles. The van der Waals surface area contributed by atoms with E-state index < -0.39 is 0 Å². The zero-order chi connectivity index (χ0) is 15.9. The van der Waals surface area contributed by atoms with Crippen LogP contribution in [0.1, 0.15) is 26.2 Å². The normalized spacial score (nSPS) is 19.0. The first-order valence-electron chi connectivity index (χ1n) is 7.67. The fourth-order valence-electron chi connectivity index (χ4n) is 2.63. The lowest BCUT2D eigenvalue weighted by Gasteiger charge is -2.20. The summed E-state index contributed by atoms with van der Waals surface area (Å²) in [7, 11) is 0. The maximum Gasteiger partial charge on any atom is 0.315 e. The van der Waals surface area contributed by atoms with Crippen LogP contribution in [0.3, 0.4) is 0 Å². The number of anilines is 1. The first-order valence-corrected chi connectivity index (χ1v) is 7.67. The van der Waals surface area contributed by atoms with Gasteiger partial charge in [0.2, 0.25) is 0 Å². The van der Waals surface area contributed by atoms with E-state index in [0.717, 1.165) is 12.8 Å². The molecule has 0 saturated carbocycles. The van der Waals surface area contributed by atoms with Crippen molar-refractivity contribution in [2.24, 2.45) is 0 Å². The van der Waals surface area contributed by atoms with Crippen LogP contribution < -0.4 is 15.5 Å². The van der Waals surface area contributed by atoms with Gasteiger partial charge in [-0.2, -0.15) is 0 Å². The highest BCUT2D eigenvalue weighted by Gasteiger charge is 2.26. The number of aliphatic hydroxyl groups is 1. The second kappa shape index (κ2) is 7.93. The average Bonchev–Trinajstić information content (AvgIpc) is 2.95. The second-order valence-electron chi connectivity index (χ2n) is 5.48. The Morgan fingerprint density at radius 1 is 1.64 bits per heavy atom. The van der Waals surface area contributed by atoms with Gasteiger partial charge in [0.15, 0.2) is 11.6 Å². The molecule has 0 radical (unpaired) electrons. The van der Waals surface area contributed by atoms with Gasteiger partial charge in [-0.1, -0.05) is 6.92 Å². The van der Waals surface area contributed by atoms with Crippen LogP contribution in [0.15, 0.2) is 18.3 Å². The van der Waals surface area contributed by atoms with Crippen molar-refractivity contribution in [2.75, 3.05) is 24.6 Å². The predicted molar refractivity (Wildman–Crippen MR) is 82.3 cm³/mol. The molecule has 2 heterocycles. The van der Waals surface area contributed by atoms with Gasteiger partial charge in [-0.25, -0.2) is 14.2 Å². The number of rotatable bonds is 6. The number of aliphatic hydroxyl groups excluding tert-OH is 1. The molecule has 3 N–H and O–H groups in total.